The molecule has 1 heterocycles. The molecule has 270 valence electrons. The van der Waals surface area contributed by atoms with E-state index in [2.05, 4.69) is 48.3 Å². The highest BCUT2D eigenvalue weighted by Crippen LogP contribution is 2.17. The summed E-state index contributed by atoms with van der Waals surface area (Å²) in [5.74, 6) is -0.0352. The second-order valence-electron chi connectivity index (χ2n) is 10.6. The van der Waals surface area contributed by atoms with Crippen LogP contribution in [0.3, 0.4) is 0 Å². The number of hydrogen-bond acceptors (Lipinski definition) is 5. The van der Waals surface area contributed by atoms with E-state index in [0.29, 0.717) is 38.0 Å². The van der Waals surface area contributed by atoms with E-state index in [9.17, 15) is 18.0 Å². The molecular weight excluding hydrogens is 615 g/mol. The normalized spacial score (nSPS) is 10.4. The SMILES string of the molecule is C=C(F)CC.CC.CC(=O)Nc1cn(-c2ccccc2CNCCOc2ccccc2F)cn1.CCC/C(C)=C(\C)F.CCNC(C)C. The third-order valence-electron chi connectivity index (χ3n) is 6.05. The number of allylic oxidation sites excluding steroid dienone is 3. The molecule has 48 heavy (non-hydrogen) atoms. The van der Waals surface area contributed by atoms with Crippen molar-refractivity contribution in [3.05, 3.63) is 96.2 Å². The minimum Gasteiger partial charge on any atom is -0.489 e. The molecule has 1 amide bonds. The first kappa shape index (κ1) is 46.2. The molecule has 0 unspecified atom stereocenters. The Bertz CT molecular complexity index is 1300. The van der Waals surface area contributed by atoms with Crippen LogP contribution >= 0.6 is 0 Å². The van der Waals surface area contributed by atoms with Crippen LogP contribution < -0.4 is 20.7 Å². The van der Waals surface area contributed by atoms with Crippen molar-refractivity contribution in [3.8, 4) is 11.4 Å². The minimum absolute atomic E-state index is 0.0214. The number of ether oxygens (including phenoxy) is 1. The highest BCUT2D eigenvalue weighted by atomic mass is 19.1. The lowest BCUT2D eigenvalue weighted by atomic mass is 10.1. The van der Waals surface area contributed by atoms with Gasteiger partial charge in [0.1, 0.15) is 12.9 Å². The molecule has 0 saturated heterocycles. The van der Waals surface area contributed by atoms with Gasteiger partial charge in [0.05, 0.1) is 23.5 Å². The molecule has 10 heteroatoms. The van der Waals surface area contributed by atoms with E-state index in [-0.39, 0.29) is 29.1 Å². The van der Waals surface area contributed by atoms with Gasteiger partial charge in [0.2, 0.25) is 5.91 Å². The van der Waals surface area contributed by atoms with Gasteiger partial charge in [-0.25, -0.2) is 18.2 Å². The molecule has 0 bridgehead atoms. The number of rotatable bonds is 13. The third kappa shape index (κ3) is 23.4. The molecule has 0 aliphatic rings. The molecule has 0 aliphatic heterocycles. The predicted octanol–water partition coefficient (Wildman–Crippen LogP) is 10.1. The summed E-state index contributed by atoms with van der Waals surface area (Å²) in [4.78, 5) is 15.3. The molecule has 3 rings (SSSR count). The van der Waals surface area contributed by atoms with Gasteiger partial charge in [0.15, 0.2) is 17.4 Å². The van der Waals surface area contributed by atoms with Crippen LogP contribution in [-0.2, 0) is 11.3 Å². The number of imidazole rings is 1. The van der Waals surface area contributed by atoms with Gasteiger partial charge in [0.25, 0.3) is 0 Å². The van der Waals surface area contributed by atoms with E-state index in [0.717, 1.165) is 36.2 Å². The summed E-state index contributed by atoms with van der Waals surface area (Å²) in [7, 11) is 0. The molecule has 7 nitrogen and oxygen atoms in total. The minimum atomic E-state index is -0.363. The van der Waals surface area contributed by atoms with E-state index in [4.69, 9.17) is 4.74 Å². The summed E-state index contributed by atoms with van der Waals surface area (Å²) in [6.45, 7) is 24.6. The zero-order valence-electron chi connectivity index (χ0n) is 30.9. The summed E-state index contributed by atoms with van der Waals surface area (Å²) in [6, 6.07) is 14.9. The predicted molar refractivity (Wildman–Crippen MR) is 197 cm³/mol. The van der Waals surface area contributed by atoms with Crippen molar-refractivity contribution < 1.29 is 22.7 Å². The zero-order valence-corrected chi connectivity index (χ0v) is 30.9. The quantitative estimate of drug-likeness (QED) is 0.157. The molecule has 1 aromatic heterocycles. The van der Waals surface area contributed by atoms with E-state index in [1.165, 1.54) is 19.9 Å². The number of hydrogen-bond donors (Lipinski definition) is 3. The van der Waals surface area contributed by atoms with Crippen LogP contribution in [0.15, 0.2) is 84.9 Å². The Morgan fingerprint density at radius 1 is 1.00 bits per heavy atom. The summed E-state index contributed by atoms with van der Waals surface area (Å²) in [5, 5.41) is 9.16. The molecule has 0 aliphatic carbocycles. The van der Waals surface area contributed by atoms with Crippen LogP contribution in [0.5, 0.6) is 5.75 Å². The first-order chi connectivity index (χ1) is 22.9. The second-order valence-corrected chi connectivity index (χ2v) is 10.6. The molecule has 0 fully saturated rings. The van der Waals surface area contributed by atoms with Gasteiger partial charge >= 0.3 is 0 Å². The van der Waals surface area contributed by atoms with Gasteiger partial charge in [-0.15, -0.1) is 0 Å². The fraction of sp³-hybridized carbons (Fsp3) is 0.474. The van der Waals surface area contributed by atoms with Crippen LogP contribution in [0.2, 0.25) is 0 Å². The van der Waals surface area contributed by atoms with E-state index in [1.54, 1.807) is 37.6 Å². The van der Waals surface area contributed by atoms with Gasteiger partial charge in [-0.1, -0.05) is 91.8 Å². The summed E-state index contributed by atoms with van der Waals surface area (Å²) in [6.07, 6.45) is 5.79. The molecule has 2 aromatic carbocycles. The maximum atomic E-state index is 13.5. The largest absolute Gasteiger partial charge is 0.489 e. The number of carbonyl (C=O) groups excluding carboxylic acids is 1. The molecule has 0 saturated carbocycles. The lowest BCUT2D eigenvalue weighted by Gasteiger charge is -2.12. The molecular formula is C38H60F3N5O2. The number of nitrogens with zero attached hydrogens (tertiary/aromatic N) is 2. The van der Waals surface area contributed by atoms with Crippen molar-refractivity contribution in [2.75, 3.05) is 25.0 Å². The standard InChI is InChI=1S/C20H21FN4O2.C7H13F.C5H13N.C4H7F.C2H6/c1-15(26)24-20-13-25(14-23-20)18-8-4-2-6-16(18)12-22-10-11-27-19-9-5-3-7-17(19)21;1-4-5-6(2)7(3)8;1-4-6-5(2)3;1-3-4(2)5;1-2/h2-9,13-14,22H,10-12H2,1H3,(H,24,26);4-5H2,1-3H3;5-6H,4H2,1-3H3;2-3H2,1H3;1-2H3/b;7-6+;;;. The smallest absolute Gasteiger partial charge is 0.222 e. The Kier molecular flexibility index (Phi) is 28.2. The van der Waals surface area contributed by atoms with E-state index in [1.807, 2.05) is 56.5 Å². The number of benzene rings is 2. The summed E-state index contributed by atoms with van der Waals surface area (Å²) < 4.78 is 44.2. The average molecular weight is 676 g/mol. The number of aromatic nitrogens is 2. The monoisotopic (exact) mass is 675 g/mol. The molecule has 3 N–H and O–H groups in total. The van der Waals surface area contributed by atoms with Crippen molar-refractivity contribution in [1.82, 2.24) is 20.2 Å². The number of nitrogens with one attached hydrogen (secondary N) is 3. The van der Waals surface area contributed by atoms with Gasteiger partial charge < -0.3 is 25.3 Å². The highest BCUT2D eigenvalue weighted by molar-refractivity contribution is 5.87. The van der Waals surface area contributed by atoms with Crippen molar-refractivity contribution in [3.63, 3.8) is 0 Å². The maximum Gasteiger partial charge on any atom is 0.222 e. The van der Waals surface area contributed by atoms with Crippen LogP contribution in [0.1, 0.15) is 94.1 Å². The van der Waals surface area contributed by atoms with E-state index >= 15 is 0 Å². The van der Waals surface area contributed by atoms with Crippen molar-refractivity contribution in [1.29, 1.82) is 0 Å². The number of carbonyl (C=O) groups is 1. The van der Waals surface area contributed by atoms with Crippen LogP contribution in [0.4, 0.5) is 19.0 Å². The molecule has 0 radical (unpaired) electrons. The van der Waals surface area contributed by atoms with Crippen molar-refractivity contribution >= 4 is 11.7 Å². The molecule has 0 spiro atoms. The first-order valence-corrected chi connectivity index (χ1v) is 16.7. The number of amides is 1. The third-order valence-corrected chi connectivity index (χ3v) is 6.05. The van der Waals surface area contributed by atoms with E-state index < -0.39 is 0 Å². The number of halogens is 3. The van der Waals surface area contributed by atoms with Gasteiger partial charge in [-0.05, 0) is 62.6 Å². The Hall–Kier alpha value is -3.89. The van der Waals surface area contributed by atoms with Gasteiger partial charge in [-0.2, -0.15) is 0 Å². The fourth-order valence-corrected chi connectivity index (χ4v) is 3.59. The Labute approximate surface area is 288 Å². The lowest BCUT2D eigenvalue weighted by molar-refractivity contribution is -0.114. The first-order valence-electron chi connectivity index (χ1n) is 16.7. The highest BCUT2D eigenvalue weighted by Gasteiger charge is 2.07. The number of anilines is 1. The van der Waals surface area contributed by atoms with Crippen LogP contribution in [-0.4, -0.2) is 41.2 Å². The molecule has 3 aromatic rings. The second kappa shape index (κ2) is 29.3. The summed E-state index contributed by atoms with van der Waals surface area (Å²) >= 11 is 0. The Balaban J connectivity index is 0. The topological polar surface area (TPSA) is 80.2 Å². The zero-order chi connectivity index (χ0) is 36.9. The number of para-hydroxylation sites is 2. The van der Waals surface area contributed by atoms with Gasteiger partial charge in [0, 0.05) is 26.1 Å². The van der Waals surface area contributed by atoms with Crippen LogP contribution in [0.25, 0.3) is 5.69 Å². The Morgan fingerprint density at radius 3 is 2.08 bits per heavy atom. The molecule has 0 atom stereocenters. The van der Waals surface area contributed by atoms with Crippen LogP contribution in [0, 0.1) is 5.82 Å². The average Bonchev–Trinajstić information content (AvgIpc) is 3.51. The Morgan fingerprint density at radius 2 is 1.60 bits per heavy atom. The lowest BCUT2D eigenvalue weighted by Crippen LogP contribution is -2.21. The summed E-state index contributed by atoms with van der Waals surface area (Å²) in [5.41, 5.74) is 2.91. The van der Waals surface area contributed by atoms with Crippen molar-refractivity contribution in [2.45, 2.75) is 101 Å². The fourth-order valence-electron chi connectivity index (χ4n) is 3.59. The van der Waals surface area contributed by atoms with Crippen molar-refractivity contribution in [2.24, 2.45) is 0 Å². The maximum absolute atomic E-state index is 13.5. The van der Waals surface area contributed by atoms with Gasteiger partial charge in [-0.3, -0.25) is 4.79 Å².